The third-order valence-corrected chi connectivity index (χ3v) is 7.38. The Morgan fingerprint density at radius 1 is 0.743 bits per heavy atom. The SMILES string of the molecule is CCCCCCCC/C=C\CCCCCCCCN1CC(C(=O)N(CCCC)CCCC)CC1=O. The maximum Gasteiger partial charge on any atom is 0.227 e. The lowest BCUT2D eigenvalue weighted by molar-refractivity contribution is -0.136. The van der Waals surface area contributed by atoms with Crippen LogP contribution in [0.3, 0.4) is 0 Å². The summed E-state index contributed by atoms with van der Waals surface area (Å²) in [7, 11) is 0. The highest BCUT2D eigenvalue weighted by Crippen LogP contribution is 2.22. The maximum atomic E-state index is 13.0. The van der Waals surface area contributed by atoms with E-state index in [0.29, 0.717) is 13.0 Å². The number of unbranched alkanes of at least 4 members (excludes halogenated alkanes) is 14. The minimum atomic E-state index is -0.120. The van der Waals surface area contributed by atoms with Crippen molar-refractivity contribution >= 4 is 11.8 Å². The number of nitrogens with zero attached hydrogens (tertiary/aromatic N) is 2. The molecule has 1 saturated heterocycles. The smallest absolute Gasteiger partial charge is 0.227 e. The van der Waals surface area contributed by atoms with Crippen LogP contribution in [0.5, 0.6) is 0 Å². The number of carbonyl (C=O) groups is 2. The first kappa shape index (κ1) is 31.7. The Hall–Kier alpha value is -1.32. The molecular weight excluding hydrogens is 432 g/mol. The lowest BCUT2D eigenvalue weighted by Crippen LogP contribution is -2.38. The van der Waals surface area contributed by atoms with E-state index in [0.717, 1.165) is 51.7 Å². The largest absolute Gasteiger partial charge is 0.342 e. The monoisotopic (exact) mass is 490 g/mol. The van der Waals surface area contributed by atoms with Crippen molar-refractivity contribution in [2.75, 3.05) is 26.2 Å². The normalized spacial score (nSPS) is 16.0. The first-order valence-electron chi connectivity index (χ1n) is 15.4. The third kappa shape index (κ3) is 15.4. The van der Waals surface area contributed by atoms with Crippen LogP contribution in [0.4, 0.5) is 0 Å². The number of hydrogen-bond acceptors (Lipinski definition) is 2. The van der Waals surface area contributed by atoms with Crippen LogP contribution < -0.4 is 0 Å². The molecule has 1 atom stereocenters. The average Bonchev–Trinajstić information content (AvgIpc) is 3.23. The summed E-state index contributed by atoms with van der Waals surface area (Å²) in [6, 6.07) is 0. The van der Waals surface area contributed by atoms with Crippen LogP contribution in [0, 0.1) is 5.92 Å². The fourth-order valence-corrected chi connectivity index (χ4v) is 4.99. The average molecular weight is 491 g/mol. The lowest BCUT2D eigenvalue weighted by atomic mass is 10.1. The van der Waals surface area contributed by atoms with Gasteiger partial charge in [-0.2, -0.15) is 0 Å². The van der Waals surface area contributed by atoms with Gasteiger partial charge in [0.25, 0.3) is 0 Å². The van der Waals surface area contributed by atoms with Crippen LogP contribution in [-0.4, -0.2) is 47.8 Å². The van der Waals surface area contributed by atoms with Gasteiger partial charge in [0.05, 0.1) is 5.92 Å². The number of likely N-dealkylation sites (tertiary alicyclic amines) is 1. The maximum absolute atomic E-state index is 13.0. The molecule has 1 aliphatic heterocycles. The molecule has 1 rings (SSSR count). The molecular formula is C31H58N2O2. The predicted octanol–water partition coefficient (Wildman–Crippen LogP) is 8.30. The van der Waals surface area contributed by atoms with Gasteiger partial charge in [-0.3, -0.25) is 9.59 Å². The zero-order chi connectivity index (χ0) is 25.6. The molecule has 0 radical (unpaired) electrons. The Labute approximate surface area is 218 Å². The van der Waals surface area contributed by atoms with Crippen molar-refractivity contribution in [1.82, 2.24) is 9.80 Å². The third-order valence-electron chi connectivity index (χ3n) is 7.38. The van der Waals surface area contributed by atoms with E-state index in [9.17, 15) is 9.59 Å². The fraction of sp³-hybridized carbons (Fsp3) is 0.871. The van der Waals surface area contributed by atoms with E-state index in [2.05, 4.69) is 32.9 Å². The topological polar surface area (TPSA) is 40.6 Å². The summed E-state index contributed by atoms with van der Waals surface area (Å²) < 4.78 is 0. The van der Waals surface area contributed by atoms with E-state index in [-0.39, 0.29) is 17.7 Å². The zero-order valence-electron chi connectivity index (χ0n) is 23.7. The van der Waals surface area contributed by atoms with Crippen molar-refractivity contribution in [1.29, 1.82) is 0 Å². The summed E-state index contributed by atoms with van der Waals surface area (Å²) in [6.07, 6.45) is 27.7. The van der Waals surface area contributed by atoms with Crippen molar-refractivity contribution in [2.24, 2.45) is 5.92 Å². The number of hydrogen-bond donors (Lipinski definition) is 0. The molecule has 0 aromatic carbocycles. The van der Waals surface area contributed by atoms with E-state index in [1.54, 1.807) is 0 Å². The van der Waals surface area contributed by atoms with Gasteiger partial charge >= 0.3 is 0 Å². The summed E-state index contributed by atoms with van der Waals surface area (Å²) in [6.45, 7) is 9.75. The molecule has 0 saturated carbocycles. The zero-order valence-corrected chi connectivity index (χ0v) is 23.7. The second-order valence-corrected chi connectivity index (χ2v) is 10.7. The molecule has 1 aliphatic rings. The Balaban J connectivity index is 2.07. The summed E-state index contributed by atoms with van der Waals surface area (Å²) in [5.41, 5.74) is 0. The highest BCUT2D eigenvalue weighted by atomic mass is 16.2. The Morgan fingerprint density at radius 2 is 1.23 bits per heavy atom. The van der Waals surface area contributed by atoms with Crippen molar-refractivity contribution in [3.63, 3.8) is 0 Å². The van der Waals surface area contributed by atoms with Gasteiger partial charge in [0.1, 0.15) is 0 Å². The van der Waals surface area contributed by atoms with E-state index < -0.39 is 0 Å². The molecule has 1 unspecified atom stereocenters. The first-order chi connectivity index (χ1) is 17.1. The van der Waals surface area contributed by atoms with E-state index in [1.807, 2.05) is 9.80 Å². The number of amides is 2. The first-order valence-corrected chi connectivity index (χ1v) is 15.4. The van der Waals surface area contributed by atoms with Gasteiger partial charge < -0.3 is 9.80 Å². The van der Waals surface area contributed by atoms with Gasteiger partial charge in [0.2, 0.25) is 11.8 Å². The molecule has 0 bridgehead atoms. The van der Waals surface area contributed by atoms with Gasteiger partial charge in [-0.15, -0.1) is 0 Å². The molecule has 0 N–H and O–H groups in total. The molecule has 1 fully saturated rings. The summed E-state index contributed by atoms with van der Waals surface area (Å²) >= 11 is 0. The van der Waals surface area contributed by atoms with Gasteiger partial charge in [-0.1, -0.05) is 104 Å². The molecule has 0 spiro atoms. The second kappa shape index (κ2) is 21.9. The molecule has 2 amide bonds. The molecule has 1 heterocycles. The van der Waals surface area contributed by atoms with E-state index in [4.69, 9.17) is 0 Å². The molecule has 204 valence electrons. The van der Waals surface area contributed by atoms with Crippen LogP contribution in [0.1, 0.15) is 143 Å². The van der Waals surface area contributed by atoms with Crippen LogP contribution >= 0.6 is 0 Å². The van der Waals surface area contributed by atoms with Crippen molar-refractivity contribution < 1.29 is 9.59 Å². The van der Waals surface area contributed by atoms with Crippen LogP contribution in [0.2, 0.25) is 0 Å². The molecule has 35 heavy (non-hydrogen) atoms. The minimum absolute atomic E-state index is 0.120. The molecule has 0 aromatic rings. The molecule has 4 nitrogen and oxygen atoms in total. The van der Waals surface area contributed by atoms with Gasteiger partial charge in [0.15, 0.2) is 0 Å². The van der Waals surface area contributed by atoms with Crippen LogP contribution in [-0.2, 0) is 9.59 Å². The standard InChI is InChI=1S/C31H58N2O2/c1-4-7-10-11-12-13-14-15-16-17-18-19-20-21-22-23-26-33-28-29(27-30(33)34)31(35)32(24-8-5-2)25-9-6-3/h15-16,29H,4-14,17-28H2,1-3H3/b16-15-. The minimum Gasteiger partial charge on any atom is -0.342 e. The number of rotatable bonds is 23. The molecule has 0 aromatic heterocycles. The Morgan fingerprint density at radius 3 is 1.77 bits per heavy atom. The second-order valence-electron chi connectivity index (χ2n) is 10.7. The van der Waals surface area contributed by atoms with Crippen LogP contribution in [0.15, 0.2) is 12.2 Å². The van der Waals surface area contributed by atoms with E-state index in [1.165, 1.54) is 83.5 Å². The van der Waals surface area contributed by atoms with Crippen molar-refractivity contribution in [2.45, 2.75) is 143 Å². The number of carbonyl (C=O) groups excluding carboxylic acids is 2. The summed E-state index contributed by atoms with van der Waals surface area (Å²) in [4.78, 5) is 29.5. The summed E-state index contributed by atoms with van der Waals surface area (Å²) in [5.74, 6) is 0.274. The van der Waals surface area contributed by atoms with Crippen molar-refractivity contribution in [3.8, 4) is 0 Å². The fourth-order valence-electron chi connectivity index (χ4n) is 4.99. The predicted molar refractivity (Wildman–Crippen MR) is 151 cm³/mol. The highest BCUT2D eigenvalue weighted by molar-refractivity contribution is 5.89. The summed E-state index contributed by atoms with van der Waals surface area (Å²) in [5, 5.41) is 0. The Kier molecular flexibility index (Phi) is 19.9. The van der Waals surface area contributed by atoms with Gasteiger partial charge in [-0.25, -0.2) is 0 Å². The highest BCUT2D eigenvalue weighted by Gasteiger charge is 2.35. The van der Waals surface area contributed by atoms with Gasteiger partial charge in [0, 0.05) is 32.6 Å². The molecule has 4 heteroatoms. The van der Waals surface area contributed by atoms with Crippen LogP contribution in [0.25, 0.3) is 0 Å². The van der Waals surface area contributed by atoms with Crippen molar-refractivity contribution in [3.05, 3.63) is 12.2 Å². The number of allylic oxidation sites excluding steroid dienone is 2. The lowest BCUT2D eigenvalue weighted by Gasteiger charge is -2.25. The quantitative estimate of drug-likeness (QED) is 0.107. The molecule has 0 aliphatic carbocycles. The Bertz CT molecular complexity index is 552. The van der Waals surface area contributed by atoms with E-state index >= 15 is 0 Å². The van der Waals surface area contributed by atoms with Gasteiger partial charge in [-0.05, 0) is 44.9 Å².